The fourth-order valence-electron chi connectivity index (χ4n) is 1.27. The summed E-state index contributed by atoms with van der Waals surface area (Å²) in [5.41, 5.74) is -0.970. The van der Waals surface area contributed by atoms with Gasteiger partial charge in [0.2, 0.25) is 0 Å². The number of alkyl halides is 3. The number of carbonyl (C=O) groups is 1. The molecule has 0 fully saturated rings. The van der Waals surface area contributed by atoms with Crippen molar-refractivity contribution in [1.29, 1.82) is 0 Å². The van der Waals surface area contributed by atoms with Crippen molar-refractivity contribution in [2.24, 2.45) is 5.10 Å². The van der Waals surface area contributed by atoms with Gasteiger partial charge in [-0.2, -0.15) is 23.3 Å². The van der Waals surface area contributed by atoms with Gasteiger partial charge in [0.15, 0.2) is 5.82 Å². The minimum atomic E-state index is -4.52. The van der Waals surface area contributed by atoms with E-state index in [0.717, 1.165) is 5.01 Å². The van der Waals surface area contributed by atoms with Crippen LogP contribution in [0.25, 0.3) is 0 Å². The third-order valence-electron chi connectivity index (χ3n) is 2.05. The van der Waals surface area contributed by atoms with E-state index in [1.165, 1.54) is 6.21 Å². The number of halogens is 4. The second-order valence-electron chi connectivity index (χ2n) is 3.23. The van der Waals surface area contributed by atoms with Gasteiger partial charge in [0.1, 0.15) is 0 Å². The molecule has 0 N–H and O–H groups in total. The molecule has 0 aliphatic carbocycles. The Morgan fingerprint density at radius 2 is 2.12 bits per heavy atom. The van der Waals surface area contributed by atoms with Crippen LogP contribution in [0.5, 0.6) is 0 Å². The van der Waals surface area contributed by atoms with E-state index in [-0.39, 0.29) is 23.2 Å². The maximum atomic E-state index is 12.3. The number of hydrogen-bond acceptors (Lipinski definition) is 3. The van der Waals surface area contributed by atoms with E-state index in [1.54, 1.807) is 0 Å². The SMILES string of the molecule is O=C1CC=NN1c1ncc(C(F)(F)F)cc1Cl. The zero-order valence-corrected chi connectivity index (χ0v) is 8.96. The maximum absolute atomic E-state index is 12.3. The first-order chi connectivity index (χ1) is 7.89. The van der Waals surface area contributed by atoms with Crippen LogP contribution in [-0.2, 0) is 11.0 Å². The lowest BCUT2D eigenvalue weighted by Gasteiger charge is -2.13. The monoisotopic (exact) mass is 263 g/mol. The molecular weight excluding hydrogens is 259 g/mol. The number of rotatable bonds is 1. The Morgan fingerprint density at radius 1 is 1.41 bits per heavy atom. The first kappa shape index (κ1) is 11.8. The molecular formula is C9H5ClF3N3O. The summed E-state index contributed by atoms with van der Waals surface area (Å²) in [7, 11) is 0. The molecule has 1 aliphatic rings. The van der Waals surface area contributed by atoms with Crippen LogP contribution in [0.4, 0.5) is 19.0 Å². The maximum Gasteiger partial charge on any atom is 0.417 e. The number of hydrogen-bond donors (Lipinski definition) is 0. The normalized spacial score (nSPS) is 15.8. The van der Waals surface area contributed by atoms with Crippen molar-refractivity contribution in [3.8, 4) is 0 Å². The van der Waals surface area contributed by atoms with Crippen LogP contribution in [-0.4, -0.2) is 17.1 Å². The van der Waals surface area contributed by atoms with E-state index in [4.69, 9.17) is 11.6 Å². The van der Waals surface area contributed by atoms with Crippen LogP contribution >= 0.6 is 11.6 Å². The molecule has 8 heteroatoms. The van der Waals surface area contributed by atoms with Gasteiger partial charge < -0.3 is 0 Å². The molecule has 0 saturated carbocycles. The predicted octanol–water partition coefficient (Wildman–Crippen LogP) is 2.48. The second-order valence-corrected chi connectivity index (χ2v) is 3.64. The number of anilines is 1. The molecule has 0 unspecified atom stereocenters. The molecule has 1 aromatic heterocycles. The lowest BCUT2D eigenvalue weighted by molar-refractivity contribution is -0.137. The highest BCUT2D eigenvalue weighted by Crippen LogP contribution is 2.34. The highest BCUT2D eigenvalue weighted by Gasteiger charge is 2.32. The number of nitrogens with zero attached hydrogens (tertiary/aromatic N) is 3. The van der Waals surface area contributed by atoms with E-state index >= 15 is 0 Å². The molecule has 2 rings (SSSR count). The molecule has 17 heavy (non-hydrogen) atoms. The van der Waals surface area contributed by atoms with Crippen LogP contribution in [0.2, 0.25) is 5.02 Å². The van der Waals surface area contributed by atoms with E-state index in [0.29, 0.717) is 12.3 Å². The lowest BCUT2D eigenvalue weighted by atomic mass is 10.2. The van der Waals surface area contributed by atoms with Crippen molar-refractivity contribution < 1.29 is 18.0 Å². The van der Waals surface area contributed by atoms with Gasteiger partial charge in [-0.3, -0.25) is 4.79 Å². The van der Waals surface area contributed by atoms with Gasteiger partial charge in [0.25, 0.3) is 5.91 Å². The molecule has 1 amide bonds. The van der Waals surface area contributed by atoms with E-state index < -0.39 is 11.7 Å². The summed E-state index contributed by atoms with van der Waals surface area (Å²) in [6.07, 6.45) is -2.49. The van der Waals surface area contributed by atoms with Gasteiger partial charge in [-0.1, -0.05) is 11.6 Å². The smallest absolute Gasteiger partial charge is 0.272 e. The zero-order valence-electron chi connectivity index (χ0n) is 8.20. The summed E-state index contributed by atoms with van der Waals surface area (Å²) in [6.45, 7) is 0. The van der Waals surface area contributed by atoms with Gasteiger partial charge >= 0.3 is 6.18 Å². The quantitative estimate of drug-likeness (QED) is 0.781. The highest BCUT2D eigenvalue weighted by molar-refractivity contribution is 6.33. The molecule has 0 saturated heterocycles. The summed E-state index contributed by atoms with van der Waals surface area (Å²) < 4.78 is 37.0. The molecule has 2 heterocycles. The van der Waals surface area contributed by atoms with E-state index in [2.05, 4.69) is 10.1 Å². The average molecular weight is 264 g/mol. The van der Waals surface area contributed by atoms with Crippen molar-refractivity contribution >= 4 is 29.5 Å². The van der Waals surface area contributed by atoms with Gasteiger partial charge in [-0.15, -0.1) is 0 Å². The molecule has 0 spiro atoms. The van der Waals surface area contributed by atoms with Crippen LogP contribution in [0.1, 0.15) is 12.0 Å². The van der Waals surface area contributed by atoms with Crippen molar-refractivity contribution in [2.45, 2.75) is 12.6 Å². The summed E-state index contributed by atoms with van der Waals surface area (Å²) in [5.74, 6) is -0.488. The third kappa shape index (κ3) is 2.23. The van der Waals surface area contributed by atoms with Crippen LogP contribution in [0.3, 0.4) is 0 Å². The zero-order chi connectivity index (χ0) is 12.6. The number of carbonyl (C=O) groups excluding carboxylic acids is 1. The number of aromatic nitrogens is 1. The fourth-order valence-corrected chi connectivity index (χ4v) is 1.51. The molecule has 1 aliphatic heterocycles. The Labute approximate surface area is 98.7 Å². The number of hydrazone groups is 1. The Bertz CT molecular complexity index is 501. The van der Waals surface area contributed by atoms with Crippen LogP contribution in [0.15, 0.2) is 17.4 Å². The summed E-state index contributed by atoms with van der Waals surface area (Å²) >= 11 is 5.65. The molecule has 0 atom stereocenters. The second kappa shape index (κ2) is 3.99. The van der Waals surface area contributed by atoms with Crippen molar-refractivity contribution in [3.05, 3.63) is 22.8 Å². The minimum absolute atomic E-state index is 0.0824. The molecule has 0 aromatic carbocycles. The Morgan fingerprint density at radius 3 is 2.59 bits per heavy atom. The Hall–Kier alpha value is -1.63. The average Bonchev–Trinajstić information content (AvgIpc) is 2.63. The van der Waals surface area contributed by atoms with Crippen molar-refractivity contribution in [3.63, 3.8) is 0 Å². The summed E-state index contributed by atoms with van der Waals surface area (Å²) in [5, 5.41) is 4.28. The Balaban J connectivity index is 2.39. The molecule has 0 bridgehead atoms. The standard InChI is InChI=1S/C9H5ClF3N3O/c10-6-3-5(9(11,12)13)4-14-8(6)16-7(17)1-2-15-16/h2-4H,1H2. The molecule has 1 aromatic rings. The topological polar surface area (TPSA) is 45.6 Å². The van der Waals surface area contributed by atoms with E-state index in [9.17, 15) is 18.0 Å². The Kier molecular flexibility index (Phi) is 2.78. The number of pyridine rings is 1. The van der Waals surface area contributed by atoms with Gasteiger partial charge in [-0.05, 0) is 6.07 Å². The summed E-state index contributed by atoms with van der Waals surface area (Å²) in [6, 6.07) is 0.713. The van der Waals surface area contributed by atoms with Gasteiger partial charge in [-0.25, -0.2) is 4.98 Å². The van der Waals surface area contributed by atoms with Gasteiger partial charge in [0, 0.05) is 12.4 Å². The summed E-state index contributed by atoms with van der Waals surface area (Å²) in [4.78, 5) is 14.8. The molecule has 4 nitrogen and oxygen atoms in total. The van der Waals surface area contributed by atoms with Crippen LogP contribution in [0, 0.1) is 0 Å². The van der Waals surface area contributed by atoms with E-state index in [1.807, 2.05) is 0 Å². The molecule has 0 radical (unpaired) electrons. The van der Waals surface area contributed by atoms with Crippen LogP contribution < -0.4 is 5.01 Å². The largest absolute Gasteiger partial charge is 0.417 e. The molecule has 90 valence electrons. The van der Waals surface area contributed by atoms with Gasteiger partial charge in [0.05, 0.1) is 17.0 Å². The highest BCUT2D eigenvalue weighted by atomic mass is 35.5. The first-order valence-corrected chi connectivity index (χ1v) is 4.85. The fraction of sp³-hybridized carbons (Fsp3) is 0.222. The predicted molar refractivity (Wildman–Crippen MR) is 54.8 cm³/mol. The number of amides is 1. The van der Waals surface area contributed by atoms with Crippen molar-refractivity contribution in [2.75, 3.05) is 5.01 Å². The minimum Gasteiger partial charge on any atom is -0.272 e. The third-order valence-corrected chi connectivity index (χ3v) is 2.33. The van der Waals surface area contributed by atoms with Crippen molar-refractivity contribution in [1.82, 2.24) is 4.98 Å². The first-order valence-electron chi connectivity index (χ1n) is 4.48. The lowest BCUT2D eigenvalue weighted by Crippen LogP contribution is -2.21.